The number of benzene rings is 1. The van der Waals surface area contributed by atoms with Crippen LogP contribution in [0.1, 0.15) is 39.3 Å². The van der Waals surface area contributed by atoms with E-state index in [-0.39, 0.29) is 11.8 Å². The van der Waals surface area contributed by atoms with Crippen LogP contribution in [0.25, 0.3) is 0 Å². The van der Waals surface area contributed by atoms with E-state index in [2.05, 4.69) is 12.1 Å². The molecule has 1 aromatic carbocycles. The second-order valence-corrected chi connectivity index (χ2v) is 7.52. The third-order valence-electron chi connectivity index (χ3n) is 5.66. The Morgan fingerprint density at radius 1 is 0.893 bits per heavy atom. The summed E-state index contributed by atoms with van der Waals surface area (Å²) in [4.78, 5) is 28.6. The van der Waals surface area contributed by atoms with Gasteiger partial charge < -0.3 is 19.0 Å². The lowest BCUT2D eigenvalue weighted by Gasteiger charge is -2.31. The molecule has 6 heteroatoms. The summed E-state index contributed by atoms with van der Waals surface area (Å²) in [7, 11) is 0. The van der Waals surface area contributed by atoms with Gasteiger partial charge in [0.15, 0.2) is 5.76 Å². The maximum Gasteiger partial charge on any atom is 0.289 e. The van der Waals surface area contributed by atoms with Crippen LogP contribution in [-0.4, -0.2) is 61.0 Å². The number of amides is 2. The predicted octanol–water partition coefficient (Wildman–Crippen LogP) is 2.85. The van der Waals surface area contributed by atoms with E-state index < -0.39 is 0 Å². The number of furan rings is 1. The van der Waals surface area contributed by atoms with Crippen molar-refractivity contribution in [2.75, 3.05) is 39.4 Å². The highest BCUT2D eigenvalue weighted by Crippen LogP contribution is 2.23. The van der Waals surface area contributed by atoms with Crippen molar-refractivity contribution in [1.29, 1.82) is 0 Å². The average molecular weight is 382 g/mol. The molecule has 0 radical (unpaired) electrons. The van der Waals surface area contributed by atoms with Crippen LogP contribution in [0.5, 0.6) is 0 Å². The molecule has 2 amide bonds. The summed E-state index contributed by atoms with van der Waals surface area (Å²) in [5.41, 5.74) is 1.99. The van der Waals surface area contributed by atoms with Crippen LogP contribution in [0.3, 0.4) is 0 Å². The smallest absolute Gasteiger partial charge is 0.289 e. The molecule has 1 aromatic heterocycles. The summed E-state index contributed by atoms with van der Waals surface area (Å²) in [5.74, 6) is 1.04. The molecule has 3 heterocycles. The highest BCUT2D eigenvalue weighted by atomic mass is 16.5. The number of morpholine rings is 1. The monoisotopic (exact) mass is 382 g/mol. The van der Waals surface area contributed by atoms with Crippen molar-refractivity contribution in [3.05, 3.63) is 59.5 Å². The number of carbonyl (C=O) groups excluding carboxylic acids is 2. The fourth-order valence-electron chi connectivity index (χ4n) is 3.96. The zero-order valence-corrected chi connectivity index (χ0v) is 16.0. The first-order valence-electron chi connectivity index (χ1n) is 9.99. The number of carbonyl (C=O) groups is 2. The van der Waals surface area contributed by atoms with Gasteiger partial charge in [-0.15, -0.1) is 0 Å². The van der Waals surface area contributed by atoms with E-state index in [9.17, 15) is 9.59 Å². The molecule has 0 bridgehead atoms. The molecule has 2 aromatic rings. The molecule has 148 valence electrons. The van der Waals surface area contributed by atoms with Gasteiger partial charge in [0, 0.05) is 31.7 Å². The third-order valence-corrected chi connectivity index (χ3v) is 5.66. The molecule has 0 aliphatic carbocycles. The van der Waals surface area contributed by atoms with Crippen molar-refractivity contribution in [2.45, 2.75) is 19.3 Å². The largest absolute Gasteiger partial charge is 0.459 e. The Hall–Kier alpha value is -2.60. The standard InChI is InChI=1S/C22H26N2O4/c25-21(24-11-14-27-15-12-24)19-5-3-17(4-6-19)16-18-7-9-23(10-8-18)22(26)20-2-1-13-28-20/h1-6,13,18H,7-12,14-16H2. The molecule has 2 fully saturated rings. The van der Waals surface area contributed by atoms with E-state index >= 15 is 0 Å². The maximum absolute atomic E-state index is 12.5. The van der Waals surface area contributed by atoms with Gasteiger partial charge in [0.2, 0.25) is 0 Å². The van der Waals surface area contributed by atoms with Crippen molar-refractivity contribution < 1.29 is 18.7 Å². The normalized spacial score (nSPS) is 18.3. The Kier molecular flexibility index (Phi) is 5.76. The number of ether oxygens (including phenoxy) is 1. The molecule has 4 rings (SSSR count). The van der Waals surface area contributed by atoms with Crippen LogP contribution in [0.15, 0.2) is 47.1 Å². The molecular weight excluding hydrogens is 356 g/mol. The number of hydrogen-bond donors (Lipinski definition) is 0. The minimum Gasteiger partial charge on any atom is -0.459 e. The summed E-state index contributed by atoms with van der Waals surface area (Å²) in [6.07, 6.45) is 4.49. The number of piperidine rings is 1. The number of nitrogens with zero attached hydrogens (tertiary/aromatic N) is 2. The first-order valence-corrected chi connectivity index (χ1v) is 9.99. The van der Waals surface area contributed by atoms with E-state index in [0.29, 0.717) is 38.0 Å². The topological polar surface area (TPSA) is 63.0 Å². The maximum atomic E-state index is 12.5. The van der Waals surface area contributed by atoms with Crippen molar-refractivity contribution in [3.8, 4) is 0 Å². The summed E-state index contributed by atoms with van der Waals surface area (Å²) in [6, 6.07) is 11.5. The van der Waals surface area contributed by atoms with Gasteiger partial charge in [-0.3, -0.25) is 9.59 Å². The lowest BCUT2D eigenvalue weighted by molar-refractivity contribution is 0.0303. The fourth-order valence-corrected chi connectivity index (χ4v) is 3.96. The van der Waals surface area contributed by atoms with Crippen LogP contribution in [0.4, 0.5) is 0 Å². The van der Waals surface area contributed by atoms with Crippen LogP contribution in [0, 0.1) is 5.92 Å². The Labute approximate surface area is 165 Å². The molecular formula is C22H26N2O4. The van der Waals surface area contributed by atoms with Gasteiger partial charge in [-0.1, -0.05) is 12.1 Å². The summed E-state index contributed by atoms with van der Waals surface area (Å²) in [5, 5.41) is 0. The van der Waals surface area contributed by atoms with E-state index in [4.69, 9.17) is 9.15 Å². The van der Waals surface area contributed by atoms with Gasteiger partial charge in [-0.2, -0.15) is 0 Å². The predicted molar refractivity (Wildman–Crippen MR) is 104 cm³/mol. The minimum atomic E-state index is -0.0190. The lowest BCUT2D eigenvalue weighted by Crippen LogP contribution is -2.40. The van der Waals surface area contributed by atoms with Gasteiger partial charge in [0.05, 0.1) is 19.5 Å². The average Bonchev–Trinajstić information content (AvgIpc) is 3.29. The van der Waals surface area contributed by atoms with Gasteiger partial charge in [-0.05, 0) is 55.0 Å². The van der Waals surface area contributed by atoms with Crippen LogP contribution in [0.2, 0.25) is 0 Å². The number of likely N-dealkylation sites (tertiary alicyclic amines) is 1. The summed E-state index contributed by atoms with van der Waals surface area (Å²) in [6.45, 7) is 4.08. The van der Waals surface area contributed by atoms with Crippen LogP contribution >= 0.6 is 0 Å². The third kappa shape index (κ3) is 4.28. The number of hydrogen-bond acceptors (Lipinski definition) is 4. The molecule has 0 N–H and O–H groups in total. The summed E-state index contributed by atoms with van der Waals surface area (Å²) < 4.78 is 10.5. The van der Waals surface area contributed by atoms with E-state index in [1.54, 1.807) is 12.1 Å². The first-order chi connectivity index (χ1) is 13.7. The molecule has 0 spiro atoms. The molecule has 2 saturated heterocycles. The molecule has 0 saturated carbocycles. The van der Waals surface area contributed by atoms with Crippen molar-refractivity contribution >= 4 is 11.8 Å². The Morgan fingerprint density at radius 2 is 1.57 bits per heavy atom. The van der Waals surface area contributed by atoms with E-state index in [0.717, 1.165) is 37.9 Å². The second kappa shape index (κ2) is 8.61. The van der Waals surface area contributed by atoms with E-state index in [1.807, 2.05) is 21.9 Å². The molecule has 0 unspecified atom stereocenters. The zero-order chi connectivity index (χ0) is 19.3. The van der Waals surface area contributed by atoms with Crippen molar-refractivity contribution in [1.82, 2.24) is 9.80 Å². The van der Waals surface area contributed by atoms with Gasteiger partial charge in [0.1, 0.15) is 0 Å². The highest BCUT2D eigenvalue weighted by Gasteiger charge is 2.25. The Balaban J connectivity index is 1.28. The van der Waals surface area contributed by atoms with Crippen molar-refractivity contribution in [2.24, 2.45) is 5.92 Å². The molecule has 0 atom stereocenters. The highest BCUT2D eigenvalue weighted by molar-refractivity contribution is 5.94. The Bertz CT molecular complexity index is 786. The Morgan fingerprint density at radius 3 is 2.21 bits per heavy atom. The molecule has 28 heavy (non-hydrogen) atoms. The van der Waals surface area contributed by atoms with Crippen LogP contribution < -0.4 is 0 Å². The van der Waals surface area contributed by atoms with Crippen molar-refractivity contribution in [3.63, 3.8) is 0 Å². The van der Waals surface area contributed by atoms with E-state index in [1.165, 1.54) is 11.8 Å². The fraction of sp³-hybridized carbons (Fsp3) is 0.455. The molecule has 2 aliphatic heterocycles. The second-order valence-electron chi connectivity index (χ2n) is 7.52. The van der Waals surface area contributed by atoms with Gasteiger partial charge in [-0.25, -0.2) is 0 Å². The molecule has 6 nitrogen and oxygen atoms in total. The molecule has 2 aliphatic rings. The first kappa shape index (κ1) is 18.7. The zero-order valence-electron chi connectivity index (χ0n) is 16.0. The minimum absolute atomic E-state index is 0.0190. The quantitative estimate of drug-likeness (QED) is 0.816. The SMILES string of the molecule is O=C(c1ccc(CC2CCN(C(=O)c3ccco3)CC2)cc1)N1CCOCC1. The number of rotatable bonds is 4. The van der Waals surface area contributed by atoms with Gasteiger partial charge in [0.25, 0.3) is 11.8 Å². The van der Waals surface area contributed by atoms with Crippen LogP contribution in [-0.2, 0) is 11.2 Å². The van der Waals surface area contributed by atoms with Gasteiger partial charge >= 0.3 is 0 Å². The lowest BCUT2D eigenvalue weighted by atomic mass is 9.90. The summed E-state index contributed by atoms with van der Waals surface area (Å²) >= 11 is 0.